The number of carbonyl (C=O) groups is 1. The summed E-state index contributed by atoms with van der Waals surface area (Å²) in [5.74, 6) is 0.747. The molecule has 0 unspecified atom stereocenters. The Kier molecular flexibility index (Phi) is 3.75. The number of ether oxygens (including phenoxy) is 1. The molecule has 0 bridgehead atoms. The van der Waals surface area contributed by atoms with Gasteiger partial charge in [0, 0.05) is 32.2 Å². The molecule has 0 aliphatic carbocycles. The summed E-state index contributed by atoms with van der Waals surface area (Å²) in [7, 11) is 0. The zero-order valence-corrected chi connectivity index (χ0v) is 9.74. The molecular formula is C11H18N4O2. The Labute approximate surface area is 99.9 Å². The number of nitrogens with two attached hydrogens (primary N) is 1. The number of imidazole rings is 1. The SMILES string of the molecule is NCC1(C(=O)NCc2ncc[nH]2)CCOCC1. The van der Waals surface area contributed by atoms with E-state index in [-0.39, 0.29) is 5.91 Å². The van der Waals surface area contributed by atoms with E-state index in [0.29, 0.717) is 39.1 Å². The number of H-pyrrole nitrogens is 1. The van der Waals surface area contributed by atoms with Crippen LogP contribution in [0.2, 0.25) is 0 Å². The third-order valence-electron chi connectivity index (χ3n) is 3.29. The summed E-state index contributed by atoms with van der Waals surface area (Å²) < 4.78 is 5.27. The number of aromatic nitrogens is 2. The number of hydrogen-bond donors (Lipinski definition) is 3. The van der Waals surface area contributed by atoms with E-state index in [1.54, 1.807) is 12.4 Å². The first kappa shape index (κ1) is 12.1. The number of aromatic amines is 1. The molecule has 0 radical (unpaired) electrons. The largest absolute Gasteiger partial charge is 0.381 e. The number of hydrogen-bond acceptors (Lipinski definition) is 4. The third-order valence-corrected chi connectivity index (χ3v) is 3.29. The third kappa shape index (κ3) is 2.65. The van der Waals surface area contributed by atoms with Crippen LogP contribution in [0, 0.1) is 5.41 Å². The van der Waals surface area contributed by atoms with Crippen molar-refractivity contribution in [2.75, 3.05) is 19.8 Å². The van der Waals surface area contributed by atoms with E-state index < -0.39 is 5.41 Å². The predicted molar refractivity (Wildman–Crippen MR) is 62.0 cm³/mol. The van der Waals surface area contributed by atoms with Crippen LogP contribution in [0.25, 0.3) is 0 Å². The smallest absolute Gasteiger partial charge is 0.228 e. The molecule has 1 saturated heterocycles. The van der Waals surface area contributed by atoms with Crippen molar-refractivity contribution in [3.05, 3.63) is 18.2 Å². The van der Waals surface area contributed by atoms with E-state index in [0.717, 1.165) is 5.82 Å². The Bertz CT molecular complexity index is 358. The van der Waals surface area contributed by atoms with Gasteiger partial charge < -0.3 is 20.8 Å². The van der Waals surface area contributed by atoms with E-state index in [1.807, 2.05) is 0 Å². The molecule has 4 N–H and O–H groups in total. The lowest BCUT2D eigenvalue weighted by molar-refractivity contribution is -0.136. The van der Waals surface area contributed by atoms with Gasteiger partial charge in [-0.3, -0.25) is 4.79 Å². The summed E-state index contributed by atoms with van der Waals surface area (Å²) in [6.45, 7) is 1.98. The zero-order chi connectivity index (χ0) is 12.1. The molecule has 17 heavy (non-hydrogen) atoms. The van der Waals surface area contributed by atoms with Crippen molar-refractivity contribution in [1.82, 2.24) is 15.3 Å². The van der Waals surface area contributed by atoms with E-state index in [2.05, 4.69) is 15.3 Å². The van der Waals surface area contributed by atoms with Crippen LogP contribution in [0.5, 0.6) is 0 Å². The molecule has 0 saturated carbocycles. The van der Waals surface area contributed by atoms with Gasteiger partial charge in [-0.15, -0.1) is 0 Å². The first-order chi connectivity index (χ1) is 8.27. The molecule has 0 aromatic carbocycles. The van der Waals surface area contributed by atoms with Crippen molar-refractivity contribution in [1.29, 1.82) is 0 Å². The van der Waals surface area contributed by atoms with Crippen molar-refractivity contribution in [3.8, 4) is 0 Å². The number of nitrogens with one attached hydrogen (secondary N) is 2. The van der Waals surface area contributed by atoms with Crippen LogP contribution in [0.3, 0.4) is 0 Å². The van der Waals surface area contributed by atoms with Crippen LogP contribution in [0.4, 0.5) is 0 Å². The maximum Gasteiger partial charge on any atom is 0.228 e. The van der Waals surface area contributed by atoms with E-state index in [4.69, 9.17) is 10.5 Å². The highest BCUT2D eigenvalue weighted by atomic mass is 16.5. The van der Waals surface area contributed by atoms with Gasteiger partial charge in [0.2, 0.25) is 5.91 Å². The summed E-state index contributed by atoms with van der Waals surface area (Å²) in [6.07, 6.45) is 4.77. The molecule has 2 rings (SSSR count). The van der Waals surface area contributed by atoms with E-state index >= 15 is 0 Å². The average Bonchev–Trinajstić information content (AvgIpc) is 2.90. The number of amides is 1. The molecule has 94 valence electrons. The Morgan fingerprint density at radius 3 is 2.94 bits per heavy atom. The molecule has 1 amide bonds. The van der Waals surface area contributed by atoms with Gasteiger partial charge in [0.05, 0.1) is 12.0 Å². The highest BCUT2D eigenvalue weighted by Crippen LogP contribution is 2.29. The highest BCUT2D eigenvalue weighted by Gasteiger charge is 2.38. The number of rotatable bonds is 4. The minimum absolute atomic E-state index is 0.000278. The Hall–Kier alpha value is -1.40. The Balaban J connectivity index is 1.93. The molecule has 2 heterocycles. The molecule has 1 aromatic rings. The van der Waals surface area contributed by atoms with Crippen molar-refractivity contribution in [3.63, 3.8) is 0 Å². The standard InChI is InChI=1S/C11H18N4O2/c12-8-11(1-5-17-6-2-11)10(16)15-7-9-13-3-4-14-9/h3-4H,1-2,5-8,12H2,(H,13,14)(H,15,16). The maximum absolute atomic E-state index is 12.2. The lowest BCUT2D eigenvalue weighted by atomic mass is 9.79. The molecule has 1 fully saturated rings. The van der Waals surface area contributed by atoms with Crippen LogP contribution in [0.15, 0.2) is 12.4 Å². The van der Waals surface area contributed by atoms with Crippen LogP contribution >= 0.6 is 0 Å². The average molecular weight is 238 g/mol. The van der Waals surface area contributed by atoms with Gasteiger partial charge in [-0.2, -0.15) is 0 Å². The first-order valence-electron chi connectivity index (χ1n) is 5.81. The van der Waals surface area contributed by atoms with Gasteiger partial charge >= 0.3 is 0 Å². The van der Waals surface area contributed by atoms with Gasteiger partial charge in [0.1, 0.15) is 5.82 Å². The summed E-state index contributed by atoms with van der Waals surface area (Å²) in [5, 5.41) is 2.88. The summed E-state index contributed by atoms with van der Waals surface area (Å²) in [4.78, 5) is 19.2. The summed E-state index contributed by atoms with van der Waals surface area (Å²) in [5.41, 5.74) is 5.28. The van der Waals surface area contributed by atoms with Crippen molar-refractivity contribution in [2.45, 2.75) is 19.4 Å². The van der Waals surface area contributed by atoms with Crippen molar-refractivity contribution in [2.24, 2.45) is 11.1 Å². The van der Waals surface area contributed by atoms with Gasteiger partial charge in [0.25, 0.3) is 0 Å². The fourth-order valence-electron chi connectivity index (χ4n) is 2.03. The Morgan fingerprint density at radius 2 is 2.35 bits per heavy atom. The lowest BCUT2D eigenvalue weighted by Crippen LogP contribution is -2.49. The van der Waals surface area contributed by atoms with E-state index in [9.17, 15) is 4.79 Å². The van der Waals surface area contributed by atoms with Gasteiger partial charge in [-0.1, -0.05) is 0 Å². The van der Waals surface area contributed by atoms with Crippen LogP contribution in [-0.4, -0.2) is 35.6 Å². The minimum atomic E-state index is -0.467. The lowest BCUT2D eigenvalue weighted by Gasteiger charge is -2.34. The topological polar surface area (TPSA) is 93.0 Å². The molecule has 0 spiro atoms. The second-order valence-corrected chi connectivity index (χ2v) is 4.32. The monoisotopic (exact) mass is 238 g/mol. The van der Waals surface area contributed by atoms with Crippen molar-refractivity contribution < 1.29 is 9.53 Å². The molecule has 6 heteroatoms. The van der Waals surface area contributed by atoms with Gasteiger partial charge in [-0.25, -0.2) is 4.98 Å². The fourth-order valence-corrected chi connectivity index (χ4v) is 2.03. The molecule has 1 aliphatic rings. The van der Waals surface area contributed by atoms with Crippen molar-refractivity contribution >= 4 is 5.91 Å². The quantitative estimate of drug-likeness (QED) is 0.676. The van der Waals surface area contributed by atoms with Gasteiger partial charge in [-0.05, 0) is 12.8 Å². The summed E-state index contributed by atoms with van der Waals surface area (Å²) in [6, 6.07) is 0. The fraction of sp³-hybridized carbons (Fsp3) is 0.636. The molecule has 1 aliphatic heterocycles. The highest BCUT2D eigenvalue weighted by molar-refractivity contribution is 5.82. The second kappa shape index (κ2) is 5.29. The van der Waals surface area contributed by atoms with Crippen LogP contribution in [0.1, 0.15) is 18.7 Å². The zero-order valence-electron chi connectivity index (χ0n) is 9.74. The minimum Gasteiger partial charge on any atom is -0.381 e. The molecular weight excluding hydrogens is 220 g/mol. The Morgan fingerprint density at radius 1 is 1.59 bits per heavy atom. The molecule has 0 atom stereocenters. The second-order valence-electron chi connectivity index (χ2n) is 4.32. The van der Waals surface area contributed by atoms with E-state index in [1.165, 1.54) is 0 Å². The van der Waals surface area contributed by atoms with Gasteiger partial charge in [0.15, 0.2) is 0 Å². The summed E-state index contributed by atoms with van der Waals surface area (Å²) >= 11 is 0. The normalized spacial score (nSPS) is 18.9. The van der Waals surface area contributed by atoms with Crippen LogP contribution in [-0.2, 0) is 16.1 Å². The molecule has 1 aromatic heterocycles. The first-order valence-corrected chi connectivity index (χ1v) is 5.81. The molecule has 6 nitrogen and oxygen atoms in total. The maximum atomic E-state index is 12.2. The van der Waals surface area contributed by atoms with Crippen LogP contribution < -0.4 is 11.1 Å². The number of nitrogens with zero attached hydrogens (tertiary/aromatic N) is 1. The number of carbonyl (C=O) groups excluding carboxylic acids is 1. The predicted octanol–water partition coefficient (Wildman–Crippen LogP) is -0.219.